The summed E-state index contributed by atoms with van der Waals surface area (Å²) < 4.78 is 0. The molecule has 5 heteroatoms. The van der Waals surface area contributed by atoms with Crippen molar-refractivity contribution in [1.29, 1.82) is 0 Å². The number of nitrogens with two attached hydrogens (primary N) is 1. The first-order chi connectivity index (χ1) is 8.25. The first-order valence-electron chi connectivity index (χ1n) is 5.18. The van der Waals surface area contributed by atoms with Crippen LogP contribution in [0.1, 0.15) is 0 Å². The molecule has 0 aliphatic carbocycles. The van der Waals surface area contributed by atoms with Gasteiger partial charge in [-0.05, 0) is 5.56 Å². The molecule has 5 nitrogen and oxygen atoms in total. The van der Waals surface area contributed by atoms with Gasteiger partial charge < -0.3 is 10.7 Å². The maximum atomic E-state index is 11.9. The van der Waals surface area contributed by atoms with Crippen molar-refractivity contribution >= 4 is 17.0 Å². The minimum atomic E-state index is -0.229. The van der Waals surface area contributed by atoms with Crippen LogP contribution in [0.4, 0.5) is 5.95 Å². The third-order valence-electron chi connectivity index (χ3n) is 2.65. The van der Waals surface area contributed by atoms with Crippen molar-refractivity contribution < 1.29 is 0 Å². The molecule has 0 aliphatic rings. The average molecular weight is 226 g/mol. The molecule has 0 fully saturated rings. The number of anilines is 1. The number of nitrogens with zero attached hydrogens (tertiary/aromatic N) is 1. The van der Waals surface area contributed by atoms with Gasteiger partial charge in [-0.25, -0.2) is 0 Å². The van der Waals surface area contributed by atoms with Crippen LogP contribution < -0.4 is 11.3 Å². The van der Waals surface area contributed by atoms with Crippen LogP contribution in [0.2, 0.25) is 0 Å². The van der Waals surface area contributed by atoms with Crippen LogP contribution in [-0.2, 0) is 0 Å². The maximum absolute atomic E-state index is 11.9. The van der Waals surface area contributed by atoms with Crippen LogP contribution in [0.25, 0.3) is 22.2 Å². The highest BCUT2D eigenvalue weighted by molar-refractivity contribution is 5.93. The lowest BCUT2D eigenvalue weighted by Gasteiger charge is -1.98. The van der Waals surface area contributed by atoms with Crippen LogP contribution in [-0.4, -0.2) is 15.0 Å². The van der Waals surface area contributed by atoms with E-state index in [1.807, 2.05) is 30.3 Å². The molecule has 84 valence electrons. The maximum Gasteiger partial charge on any atom is 0.262 e. The van der Waals surface area contributed by atoms with Crippen LogP contribution in [0.3, 0.4) is 0 Å². The molecule has 0 spiro atoms. The number of hydrogen-bond acceptors (Lipinski definition) is 3. The SMILES string of the molecule is Nc1nc2[nH]cc(-c3ccccc3)c2c(=O)[nH]1. The van der Waals surface area contributed by atoms with E-state index in [9.17, 15) is 4.79 Å². The molecule has 3 rings (SSSR count). The zero-order valence-electron chi connectivity index (χ0n) is 8.90. The summed E-state index contributed by atoms with van der Waals surface area (Å²) in [5, 5.41) is 0.533. The largest absolute Gasteiger partial charge is 0.369 e. The third-order valence-corrected chi connectivity index (χ3v) is 2.65. The lowest BCUT2D eigenvalue weighted by Crippen LogP contribution is -2.10. The molecule has 0 radical (unpaired) electrons. The van der Waals surface area contributed by atoms with Crippen LogP contribution in [0, 0.1) is 0 Å². The lowest BCUT2D eigenvalue weighted by atomic mass is 10.1. The fourth-order valence-electron chi connectivity index (χ4n) is 1.90. The van der Waals surface area contributed by atoms with Gasteiger partial charge in [0.2, 0.25) is 5.95 Å². The van der Waals surface area contributed by atoms with E-state index in [4.69, 9.17) is 5.73 Å². The van der Waals surface area contributed by atoms with E-state index in [0.29, 0.717) is 11.0 Å². The van der Waals surface area contributed by atoms with E-state index in [0.717, 1.165) is 11.1 Å². The Balaban J connectivity index is 2.37. The van der Waals surface area contributed by atoms with Gasteiger partial charge in [-0.2, -0.15) is 4.98 Å². The zero-order valence-corrected chi connectivity index (χ0v) is 8.90. The van der Waals surface area contributed by atoms with E-state index < -0.39 is 0 Å². The van der Waals surface area contributed by atoms with E-state index in [2.05, 4.69) is 15.0 Å². The van der Waals surface area contributed by atoms with E-state index >= 15 is 0 Å². The Hall–Kier alpha value is -2.56. The summed E-state index contributed by atoms with van der Waals surface area (Å²) in [7, 11) is 0. The van der Waals surface area contributed by atoms with E-state index in [-0.39, 0.29) is 11.5 Å². The van der Waals surface area contributed by atoms with Crippen molar-refractivity contribution in [2.45, 2.75) is 0 Å². The predicted octanol–water partition coefficient (Wildman–Crippen LogP) is 1.50. The second-order valence-corrected chi connectivity index (χ2v) is 3.74. The Morgan fingerprint density at radius 1 is 1.18 bits per heavy atom. The summed E-state index contributed by atoms with van der Waals surface area (Å²) >= 11 is 0. The van der Waals surface area contributed by atoms with Crippen LogP contribution in [0.5, 0.6) is 0 Å². The van der Waals surface area contributed by atoms with Gasteiger partial charge in [-0.15, -0.1) is 0 Å². The molecule has 0 atom stereocenters. The summed E-state index contributed by atoms with van der Waals surface area (Å²) in [4.78, 5) is 21.4. The van der Waals surface area contributed by atoms with Crippen molar-refractivity contribution in [3.8, 4) is 11.1 Å². The Labute approximate surface area is 96.3 Å². The molecule has 0 saturated heterocycles. The number of fused-ring (bicyclic) bond motifs is 1. The molecule has 17 heavy (non-hydrogen) atoms. The predicted molar refractivity (Wildman–Crippen MR) is 66.6 cm³/mol. The van der Waals surface area contributed by atoms with E-state index in [1.165, 1.54) is 0 Å². The molecule has 1 aromatic carbocycles. The minimum Gasteiger partial charge on any atom is -0.369 e. The van der Waals surface area contributed by atoms with Crippen molar-refractivity contribution in [2.24, 2.45) is 0 Å². The van der Waals surface area contributed by atoms with Crippen molar-refractivity contribution in [1.82, 2.24) is 15.0 Å². The molecule has 0 unspecified atom stereocenters. The Kier molecular flexibility index (Phi) is 1.98. The second-order valence-electron chi connectivity index (χ2n) is 3.74. The molecule has 0 aliphatic heterocycles. The highest BCUT2D eigenvalue weighted by Gasteiger charge is 2.10. The number of nitrogen functional groups attached to an aromatic ring is 1. The third kappa shape index (κ3) is 1.48. The molecular weight excluding hydrogens is 216 g/mol. The molecule has 2 heterocycles. The smallest absolute Gasteiger partial charge is 0.262 e. The van der Waals surface area contributed by atoms with Gasteiger partial charge in [0.05, 0.1) is 5.39 Å². The fourth-order valence-corrected chi connectivity index (χ4v) is 1.90. The summed E-state index contributed by atoms with van der Waals surface area (Å²) in [6, 6.07) is 9.66. The molecule has 0 bridgehead atoms. The number of benzene rings is 1. The molecule has 0 amide bonds. The number of hydrogen-bond donors (Lipinski definition) is 3. The first-order valence-corrected chi connectivity index (χ1v) is 5.18. The number of H-pyrrole nitrogens is 2. The number of aromatic nitrogens is 3. The van der Waals surface area contributed by atoms with Crippen molar-refractivity contribution in [3.05, 3.63) is 46.9 Å². The van der Waals surface area contributed by atoms with Gasteiger partial charge in [0.1, 0.15) is 5.65 Å². The standard InChI is InChI=1S/C12H10N4O/c13-12-15-10-9(11(17)16-12)8(6-14-10)7-4-2-1-3-5-7/h1-6H,(H4,13,14,15,16,17). The van der Waals surface area contributed by atoms with Crippen LogP contribution >= 0.6 is 0 Å². The molecule has 4 N–H and O–H groups in total. The fraction of sp³-hybridized carbons (Fsp3) is 0. The van der Waals surface area contributed by atoms with E-state index in [1.54, 1.807) is 6.20 Å². The first kappa shape index (κ1) is 9.65. The monoisotopic (exact) mass is 226 g/mol. The van der Waals surface area contributed by atoms with Crippen LogP contribution in [0.15, 0.2) is 41.3 Å². The Morgan fingerprint density at radius 3 is 2.71 bits per heavy atom. The van der Waals surface area contributed by atoms with Gasteiger partial charge in [-0.1, -0.05) is 30.3 Å². The lowest BCUT2D eigenvalue weighted by molar-refractivity contribution is 1.18. The normalized spacial score (nSPS) is 10.8. The highest BCUT2D eigenvalue weighted by atomic mass is 16.1. The number of rotatable bonds is 1. The van der Waals surface area contributed by atoms with Gasteiger partial charge >= 0.3 is 0 Å². The second kappa shape index (κ2) is 3.48. The zero-order chi connectivity index (χ0) is 11.8. The molecule has 2 aromatic heterocycles. The summed E-state index contributed by atoms with van der Waals surface area (Å²) in [6.07, 6.45) is 1.77. The van der Waals surface area contributed by atoms with Gasteiger partial charge in [0.15, 0.2) is 0 Å². The number of aromatic amines is 2. The van der Waals surface area contributed by atoms with Crippen molar-refractivity contribution in [3.63, 3.8) is 0 Å². The average Bonchev–Trinajstić information content (AvgIpc) is 2.74. The highest BCUT2D eigenvalue weighted by Crippen LogP contribution is 2.24. The number of nitrogens with one attached hydrogen (secondary N) is 2. The van der Waals surface area contributed by atoms with Gasteiger partial charge in [0, 0.05) is 11.8 Å². The molecule has 0 saturated carbocycles. The van der Waals surface area contributed by atoms with Gasteiger partial charge in [-0.3, -0.25) is 9.78 Å². The summed E-state index contributed by atoms with van der Waals surface area (Å²) in [6.45, 7) is 0. The summed E-state index contributed by atoms with van der Waals surface area (Å²) in [5.74, 6) is 0.115. The molecular formula is C12H10N4O. The Morgan fingerprint density at radius 2 is 1.94 bits per heavy atom. The topological polar surface area (TPSA) is 87.6 Å². The van der Waals surface area contributed by atoms with Gasteiger partial charge in [0.25, 0.3) is 5.56 Å². The molecule has 3 aromatic rings. The Bertz CT molecular complexity index is 727. The minimum absolute atomic E-state index is 0.115. The summed E-state index contributed by atoms with van der Waals surface area (Å²) in [5.41, 5.74) is 7.56. The quantitative estimate of drug-likeness (QED) is 0.587. The van der Waals surface area contributed by atoms with Crippen molar-refractivity contribution in [2.75, 3.05) is 5.73 Å².